The number of rotatable bonds is 2. The number of unbranched alkanes of at least 4 members (excludes halogenated alkanes) is 1. The normalized spacial score (nSPS) is 3.82. The largest absolute Gasteiger partial charge is 1.00 e. The summed E-state index contributed by atoms with van der Waals surface area (Å²) < 4.78 is 0. The molecule has 0 radical (unpaired) electrons. The quantitative estimate of drug-likeness (QED) is 0.457. The monoisotopic (exact) mass is 433 g/mol. The standard InChI is InChI=1S/C4H10O.5ClH.W/c1-2-3-4-5;;;;;;/h5H,2-4H2,1H3;5*1H;/p-5. The topological polar surface area (TPSA) is 20.2 Å². The molecule has 0 aliphatic carbocycles. The van der Waals surface area contributed by atoms with Crippen LogP contribution in [0.1, 0.15) is 19.8 Å². The van der Waals surface area contributed by atoms with Crippen molar-refractivity contribution in [2.24, 2.45) is 0 Å². The fourth-order valence-corrected chi connectivity index (χ4v) is 0.158. The maximum Gasteiger partial charge on any atom is 0.0430 e. The minimum Gasteiger partial charge on any atom is -1.00 e. The third kappa shape index (κ3) is 73.5. The van der Waals surface area contributed by atoms with Crippen molar-refractivity contribution >= 4 is 0 Å². The van der Waals surface area contributed by atoms with E-state index in [1.54, 1.807) is 0 Å². The summed E-state index contributed by atoms with van der Waals surface area (Å²) in [7, 11) is 0. The van der Waals surface area contributed by atoms with E-state index in [2.05, 4.69) is 6.92 Å². The third-order valence-corrected chi connectivity index (χ3v) is 0.512. The average Bonchev–Trinajstić information content (AvgIpc) is 1.41. The molecule has 1 nitrogen and oxygen atoms in total. The fourth-order valence-electron chi connectivity index (χ4n) is 0.158. The molecule has 0 fully saturated rings. The molecular formula is C4H10Cl5OW-5. The molecule has 0 unspecified atom stereocenters. The van der Waals surface area contributed by atoms with Crippen LogP contribution in [0.25, 0.3) is 0 Å². The van der Waals surface area contributed by atoms with Crippen molar-refractivity contribution in [3.05, 3.63) is 0 Å². The van der Waals surface area contributed by atoms with Crippen molar-refractivity contribution in [2.75, 3.05) is 6.61 Å². The third-order valence-electron chi connectivity index (χ3n) is 0.512. The predicted molar refractivity (Wildman–Crippen MR) is 22.0 cm³/mol. The first kappa shape index (κ1) is 51.6. The predicted octanol–water partition coefficient (Wildman–Crippen LogP) is -14.2. The van der Waals surface area contributed by atoms with E-state index >= 15 is 0 Å². The van der Waals surface area contributed by atoms with E-state index < -0.39 is 0 Å². The van der Waals surface area contributed by atoms with E-state index in [9.17, 15) is 0 Å². The second-order valence-electron chi connectivity index (χ2n) is 1.08. The molecule has 0 amide bonds. The summed E-state index contributed by atoms with van der Waals surface area (Å²) in [5, 5.41) is 8.07. The molecule has 11 heavy (non-hydrogen) atoms. The first-order valence-corrected chi connectivity index (χ1v) is 2.02. The average molecular weight is 435 g/mol. The van der Waals surface area contributed by atoms with Gasteiger partial charge < -0.3 is 67.1 Å². The van der Waals surface area contributed by atoms with Gasteiger partial charge in [0.1, 0.15) is 0 Å². The molecule has 7 heteroatoms. The van der Waals surface area contributed by atoms with Gasteiger partial charge in [0.25, 0.3) is 0 Å². The number of hydrogen-bond acceptors (Lipinski definition) is 1. The van der Waals surface area contributed by atoms with Gasteiger partial charge in [0, 0.05) is 27.7 Å². The Morgan fingerprint density at radius 3 is 1.18 bits per heavy atom. The van der Waals surface area contributed by atoms with E-state index in [0.717, 1.165) is 12.8 Å². The fraction of sp³-hybridized carbons (Fsp3) is 1.00. The zero-order valence-corrected chi connectivity index (χ0v) is 12.6. The van der Waals surface area contributed by atoms with E-state index in [-0.39, 0.29) is 83.1 Å². The van der Waals surface area contributed by atoms with E-state index in [4.69, 9.17) is 5.11 Å². The van der Waals surface area contributed by atoms with Crippen molar-refractivity contribution in [1.82, 2.24) is 0 Å². The summed E-state index contributed by atoms with van der Waals surface area (Å²) >= 11 is 0. The summed E-state index contributed by atoms with van der Waals surface area (Å²) in [4.78, 5) is 0. The van der Waals surface area contributed by atoms with Crippen LogP contribution in [0.2, 0.25) is 0 Å². The maximum atomic E-state index is 8.07. The Balaban J connectivity index is -0.00000000533. The van der Waals surface area contributed by atoms with Crippen LogP contribution in [0.3, 0.4) is 0 Å². The number of aliphatic hydroxyl groups excluding tert-OH is 1. The van der Waals surface area contributed by atoms with Gasteiger partial charge in [0.05, 0.1) is 0 Å². The second kappa shape index (κ2) is 57.3. The van der Waals surface area contributed by atoms with Crippen molar-refractivity contribution < 1.29 is 88.2 Å². The van der Waals surface area contributed by atoms with Crippen LogP contribution in [0.15, 0.2) is 0 Å². The first-order chi connectivity index (χ1) is 2.41. The zero-order chi connectivity index (χ0) is 4.12. The molecule has 1 N–H and O–H groups in total. The molecule has 0 rings (SSSR count). The van der Waals surface area contributed by atoms with Gasteiger partial charge in [-0.15, -0.1) is 0 Å². The van der Waals surface area contributed by atoms with Gasteiger partial charge in [0.2, 0.25) is 0 Å². The number of halogens is 5. The minimum absolute atomic E-state index is 0. The molecule has 0 aromatic rings. The van der Waals surface area contributed by atoms with E-state index in [0.29, 0.717) is 6.61 Å². The Labute approximate surface area is 114 Å². The molecule has 0 heterocycles. The zero-order valence-electron chi connectivity index (χ0n) is 5.87. The van der Waals surface area contributed by atoms with Gasteiger partial charge in [-0.05, 0) is 6.42 Å². The van der Waals surface area contributed by atoms with Gasteiger partial charge >= 0.3 is 0 Å². The Bertz CT molecular complexity index is 26.0. The Morgan fingerprint density at radius 1 is 0.909 bits per heavy atom. The van der Waals surface area contributed by atoms with Crippen LogP contribution in [0, 0.1) is 0 Å². The molecule has 0 bridgehead atoms. The SMILES string of the molecule is CCCCO.[Cl-].[Cl-].[Cl-].[Cl-].[Cl-].[W]. The van der Waals surface area contributed by atoms with Gasteiger partial charge in [-0.2, -0.15) is 0 Å². The summed E-state index contributed by atoms with van der Waals surface area (Å²) in [5.74, 6) is 0. The second-order valence-corrected chi connectivity index (χ2v) is 1.08. The van der Waals surface area contributed by atoms with Crippen LogP contribution < -0.4 is 62.0 Å². The summed E-state index contributed by atoms with van der Waals surface area (Å²) in [6, 6.07) is 0. The Kier molecular flexibility index (Phi) is 269. The minimum atomic E-state index is 0. The summed E-state index contributed by atoms with van der Waals surface area (Å²) in [6.45, 7) is 2.40. The van der Waals surface area contributed by atoms with Gasteiger partial charge in [0.15, 0.2) is 0 Å². The van der Waals surface area contributed by atoms with E-state index in [1.165, 1.54) is 0 Å². The summed E-state index contributed by atoms with van der Waals surface area (Å²) in [6.07, 6.45) is 2.04. The molecule has 0 aromatic carbocycles. The van der Waals surface area contributed by atoms with Gasteiger partial charge in [-0.1, -0.05) is 13.3 Å². The number of hydrogen-bond donors (Lipinski definition) is 1. The Morgan fingerprint density at radius 2 is 1.18 bits per heavy atom. The van der Waals surface area contributed by atoms with Crippen molar-refractivity contribution in [3.63, 3.8) is 0 Å². The van der Waals surface area contributed by atoms with Crippen LogP contribution in [0.5, 0.6) is 0 Å². The molecule has 0 aromatic heterocycles. The molecule has 0 spiro atoms. The van der Waals surface area contributed by atoms with Crippen LogP contribution >= 0.6 is 0 Å². The van der Waals surface area contributed by atoms with Crippen molar-refractivity contribution in [2.45, 2.75) is 19.8 Å². The van der Waals surface area contributed by atoms with Crippen LogP contribution in [-0.4, -0.2) is 11.7 Å². The number of aliphatic hydroxyl groups is 1. The molecule has 0 atom stereocenters. The summed E-state index contributed by atoms with van der Waals surface area (Å²) in [5.41, 5.74) is 0. The first-order valence-electron chi connectivity index (χ1n) is 2.02. The molecule has 78 valence electrons. The van der Waals surface area contributed by atoms with Crippen LogP contribution in [0.4, 0.5) is 0 Å². The smallest absolute Gasteiger partial charge is 0.0430 e. The Hall–Kier alpha value is 2.10. The molecule has 0 saturated heterocycles. The molecular weight excluding hydrogens is 425 g/mol. The van der Waals surface area contributed by atoms with Gasteiger partial charge in [-0.25, -0.2) is 0 Å². The van der Waals surface area contributed by atoms with Crippen molar-refractivity contribution in [3.8, 4) is 0 Å². The van der Waals surface area contributed by atoms with Crippen LogP contribution in [-0.2, 0) is 21.1 Å². The molecule has 0 aliphatic rings. The van der Waals surface area contributed by atoms with Crippen molar-refractivity contribution in [1.29, 1.82) is 0 Å². The maximum absolute atomic E-state index is 8.07. The van der Waals surface area contributed by atoms with Gasteiger partial charge in [-0.3, -0.25) is 0 Å². The van der Waals surface area contributed by atoms with E-state index in [1.807, 2.05) is 0 Å². The molecule has 0 saturated carbocycles. The molecule has 0 aliphatic heterocycles.